The van der Waals surface area contributed by atoms with Crippen molar-refractivity contribution in [1.29, 1.82) is 0 Å². The molecule has 6 aromatic carbocycles. The van der Waals surface area contributed by atoms with E-state index in [1.165, 1.54) is 62.5 Å². The van der Waals surface area contributed by atoms with Crippen LogP contribution in [0.4, 0.5) is 17.1 Å². The average Bonchev–Trinajstić information content (AvgIpc) is 3.49. The van der Waals surface area contributed by atoms with Gasteiger partial charge in [0.2, 0.25) is 0 Å². The summed E-state index contributed by atoms with van der Waals surface area (Å²) in [6.07, 6.45) is 0. The zero-order chi connectivity index (χ0) is 24.3. The molecule has 0 N–H and O–H groups in total. The number of hydrogen-bond donors (Lipinski definition) is 0. The summed E-state index contributed by atoms with van der Waals surface area (Å²) in [5.41, 5.74) is 3.51. The molecule has 8 rings (SSSR count). The lowest BCUT2D eigenvalue weighted by Crippen LogP contribution is -2.09. The molecule has 0 aliphatic heterocycles. The van der Waals surface area contributed by atoms with Crippen LogP contribution in [0.25, 0.3) is 51.1 Å². The Balaban J connectivity index is 1.35. The highest BCUT2D eigenvalue weighted by Gasteiger charge is 2.16. The molecule has 0 unspecified atom stereocenters. The molecule has 2 heterocycles. The Labute approximate surface area is 222 Å². The van der Waals surface area contributed by atoms with E-state index in [-0.39, 0.29) is 0 Å². The summed E-state index contributed by atoms with van der Waals surface area (Å²) < 4.78 is 5.30. The highest BCUT2D eigenvalue weighted by atomic mass is 32.1. The number of nitrogens with zero attached hydrogens (tertiary/aromatic N) is 1. The molecular formula is C34H21NS2. The van der Waals surface area contributed by atoms with Gasteiger partial charge in [-0.25, -0.2) is 0 Å². The van der Waals surface area contributed by atoms with Crippen molar-refractivity contribution in [2.45, 2.75) is 0 Å². The first kappa shape index (κ1) is 21.0. The van der Waals surface area contributed by atoms with Crippen molar-refractivity contribution in [1.82, 2.24) is 0 Å². The zero-order valence-corrected chi connectivity index (χ0v) is 21.5. The van der Waals surface area contributed by atoms with Crippen LogP contribution in [0.1, 0.15) is 0 Å². The first-order valence-electron chi connectivity index (χ1n) is 12.4. The third-order valence-corrected chi connectivity index (χ3v) is 9.48. The number of benzene rings is 6. The Morgan fingerprint density at radius 2 is 0.946 bits per heavy atom. The molecule has 0 atom stereocenters. The molecule has 0 fully saturated rings. The molecule has 0 amide bonds. The molecule has 8 aromatic rings. The molecule has 174 valence electrons. The molecule has 37 heavy (non-hydrogen) atoms. The monoisotopic (exact) mass is 507 g/mol. The van der Waals surface area contributed by atoms with Crippen molar-refractivity contribution in [2.24, 2.45) is 0 Å². The summed E-state index contributed by atoms with van der Waals surface area (Å²) in [7, 11) is 0. The largest absolute Gasteiger partial charge is 0.310 e. The van der Waals surface area contributed by atoms with Gasteiger partial charge in [-0.2, -0.15) is 0 Å². The van der Waals surface area contributed by atoms with Gasteiger partial charge in [0.05, 0.1) is 0 Å². The molecule has 2 aromatic heterocycles. The smallest absolute Gasteiger partial charge is 0.0476 e. The molecule has 0 bridgehead atoms. The maximum atomic E-state index is 2.38. The molecule has 3 heteroatoms. The Bertz CT molecular complexity index is 2100. The fraction of sp³-hybridized carbons (Fsp3) is 0. The van der Waals surface area contributed by atoms with Crippen molar-refractivity contribution < 1.29 is 0 Å². The summed E-state index contributed by atoms with van der Waals surface area (Å²) in [4.78, 5) is 2.38. The molecule has 0 saturated heterocycles. The summed E-state index contributed by atoms with van der Waals surface area (Å²) in [5.74, 6) is 0. The number of anilines is 3. The Hall–Kier alpha value is -4.18. The minimum absolute atomic E-state index is 1.16. The van der Waals surface area contributed by atoms with E-state index in [2.05, 4.69) is 132 Å². The first-order valence-corrected chi connectivity index (χ1v) is 14.1. The van der Waals surface area contributed by atoms with Gasteiger partial charge < -0.3 is 4.90 Å². The van der Waals surface area contributed by atoms with Gasteiger partial charge in [-0.1, -0.05) is 66.7 Å². The predicted molar refractivity (Wildman–Crippen MR) is 164 cm³/mol. The van der Waals surface area contributed by atoms with Crippen LogP contribution < -0.4 is 4.90 Å². The first-order chi connectivity index (χ1) is 18.3. The van der Waals surface area contributed by atoms with Gasteiger partial charge >= 0.3 is 0 Å². The number of thiophene rings is 2. The van der Waals surface area contributed by atoms with Gasteiger partial charge in [-0.05, 0) is 71.4 Å². The minimum atomic E-state index is 1.16. The van der Waals surface area contributed by atoms with E-state index in [0.717, 1.165) is 5.69 Å². The second-order valence-corrected chi connectivity index (χ2v) is 11.6. The van der Waals surface area contributed by atoms with Gasteiger partial charge in [-0.3, -0.25) is 0 Å². The molecule has 0 aliphatic carbocycles. The molecule has 1 nitrogen and oxygen atoms in total. The minimum Gasteiger partial charge on any atom is -0.310 e. The van der Waals surface area contributed by atoms with Gasteiger partial charge in [0, 0.05) is 57.4 Å². The molecule has 0 spiro atoms. The average molecular weight is 508 g/mol. The van der Waals surface area contributed by atoms with E-state index in [0.29, 0.717) is 0 Å². The Morgan fingerprint density at radius 3 is 1.84 bits per heavy atom. The lowest BCUT2D eigenvalue weighted by Gasteiger charge is -2.25. The van der Waals surface area contributed by atoms with Crippen LogP contribution in [0.2, 0.25) is 0 Å². The van der Waals surface area contributed by atoms with Crippen LogP contribution in [0.5, 0.6) is 0 Å². The number of para-hydroxylation sites is 1. The van der Waals surface area contributed by atoms with E-state index in [4.69, 9.17) is 0 Å². The van der Waals surface area contributed by atoms with Crippen molar-refractivity contribution in [2.75, 3.05) is 4.90 Å². The summed E-state index contributed by atoms with van der Waals surface area (Å²) >= 11 is 3.74. The molecule has 0 saturated carbocycles. The number of hydrogen-bond acceptors (Lipinski definition) is 3. The van der Waals surface area contributed by atoms with Crippen LogP contribution in [-0.2, 0) is 0 Å². The summed E-state index contributed by atoms with van der Waals surface area (Å²) in [5, 5.41) is 7.88. The maximum absolute atomic E-state index is 2.38. The van der Waals surface area contributed by atoms with Gasteiger partial charge in [0.15, 0.2) is 0 Å². The highest BCUT2D eigenvalue weighted by molar-refractivity contribution is 7.26. The van der Waals surface area contributed by atoms with E-state index in [1.54, 1.807) is 0 Å². The summed E-state index contributed by atoms with van der Waals surface area (Å²) in [6.45, 7) is 0. The molecular weight excluding hydrogens is 487 g/mol. The molecule has 0 aliphatic rings. The van der Waals surface area contributed by atoms with E-state index < -0.39 is 0 Å². The van der Waals surface area contributed by atoms with Gasteiger partial charge in [0.1, 0.15) is 0 Å². The van der Waals surface area contributed by atoms with Crippen LogP contribution >= 0.6 is 22.7 Å². The standard InChI is InChI=1S/C34H21NS2/c1-2-10-24(11-3-1)35(25-15-17-32-30(20-25)27-12-6-7-13-31(27)36-32)26-14-16-28-29-18-22-8-4-5-9-23(22)19-33(29)37-34(28)21-26/h1-21H. The van der Waals surface area contributed by atoms with E-state index in [9.17, 15) is 0 Å². The normalized spacial score (nSPS) is 11.8. The van der Waals surface area contributed by atoms with E-state index in [1.807, 2.05) is 22.7 Å². The lowest BCUT2D eigenvalue weighted by molar-refractivity contribution is 1.30. The fourth-order valence-corrected chi connectivity index (χ4v) is 7.72. The van der Waals surface area contributed by atoms with Crippen molar-refractivity contribution in [3.05, 3.63) is 127 Å². The Kier molecular flexibility index (Phi) is 4.63. The highest BCUT2D eigenvalue weighted by Crippen LogP contribution is 2.43. The summed E-state index contributed by atoms with van der Waals surface area (Å²) in [6, 6.07) is 46.5. The van der Waals surface area contributed by atoms with Crippen molar-refractivity contribution in [3.8, 4) is 0 Å². The topological polar surface area (TPSA) is 3.24 Å². The third kappa shape index (κ3) is 3.36. The van der Waals surface area contributed by atoms with Crippen LogP contribution in [0, 0.1) is 0 Å². The second kappa shape index (κ2) is 8.17. The fourth-order valence-electron chi connectivity index (χ4n) is 5.47. The number of fused-ring (bicyclic) bond motifs is 7. The number of rotatable bonds is 3. The SMILES string of the molecule is c1ccc(N(c2ccc3c(c2)sc2cc4ccccc4cc23)c2ccc3sc4ccccc4c3c2)cc1. The maximum Gasteiger partial charge on any atom is 0.0476 e. The van der Waals surface area contributed by atoms with Crippen molar-refractivity contribution in [3.63, 3.8) is 0 Å². The third-order valence-electron chi connectivity index (χ3n) is 7.21. The van der Waals surface area contributed by atoms with Crippen LogP contribution in [0.3, 0.4) is 0 Å². The Morgan fingerprint density at radius 1 is 0.351 bits per heavy atom. The predicted octanol–water partition coefficient (Wildman–Crippen LogP) is 11.0. The quantitative estimate of drug-likeness (QED) is 0.230. The van der Waals surface area contributed by atoms with Crippen LogP contribution in [0.15, 0.2) is 127 Å². The van der Waals surface area contributed by atoms with E-state index >= 15 is 0 Å². The molecule has 0 radical (unpaired) electrons. The zero-order valence-electron chi connectivity index (χ0n) is 19.9. The van der Waals surface area contributed by atoms with Crippen LogP contribution in [-0.4, -0.2) is 0 Å². The van der Waals surface area contributed by atoms with Gasteiger partial charge in [-0.15, -0.1) is 22.7 Å². The second-order valence-electron chi connectivity index (χ2n) is 9.43. The van der Waals surface area contributed by atoms with Crippen molar-refractivity contribution >= 4 is 90.9 Å². The van der Waals surface area contributed by atoms with Gasteiger partial charge in [0.25, 0.3) is 0 Å². The lowest BCUT2D eigenvalue weighted by atomic mass is 10.1.